The minimum absolute atomic E-state index is 0.283. The molecule has 1 aliphatic rings. The van der Waals surface area contributed by atoms with Crippen molar-refractivity contribution >= 4 is 0 Å². The molecule has 2 atom stereocenters. The molecule has 0 aromatic rings. The Morgan fingerprint density at radius 1 is 1.67 bits per heavy atom. The Kier molecular flexibility index (Phi) is 1.80. The van der Waals surface area contributed by atoms with Gasteiger partial charge in [0, 0.05) is 0 Å². The topological polar surface area (TPSA) is 20.2 Å². The molecule has 0 bridgehead atoms. The summed E-state index contributed by atoms with van der Waals surface area (Å²) in [6, 6.07) is 0. The van der Waals surface area contributed by atoms with Crippen molar-refractivity contribution < 1.29 is 5.11 Å². The Morgan fingerprint density at radius 2 is 2.22 bits per heavy atom. The average molecular weight is 128 g/mol. The van der Waals surface area contributed by atoms with Gasteiger partial charge < -0.3 is 5.11 Å². The number of hydrogen-bond acceptors (Lipinski definition) is 1. The van der Waals surface area contributed by atoms with Gasteiger partial charge in [0.05, 0.1) is 5.60 Å². The molecule has 0 amide bonds. The minimum Gasteiger partial charge on any atom is -0.390 e. The van der Waals surface area contributed by atoms with Crippen LogP contribution in [0.2, 0.25) is 0 Å². The monoisotopic (exact) mass is 128 g/mol. The van der Waals surface area contributed by atoms with Crippen molar-refractivity contribution in [2.45, 2.75) is 45.1 Å². The molecule has 0 radical (unpaired) electrons. The van der Waals surface area contributed by atoms with Gasteiger partial charge in [-0.1, -0.05) is 19.8 Å². The molecule has 0 spiro atoms. The van der Waals surface area contributed by atoms with Gasteiger partial charge in [0.15, 0.2) is 0 Å². The van der Waals surface area contributed by atoms with Crippen LogP contribution in [0.4, 0.5) is 0 Å². The molecular weight excluding hydrogens is 112 g/mol. The first-order valence-electron chi connectivity index (χ1n) is 3.89. The molecule has 0 aromatic carbocycles. The second kappa shape index (κ2) is 2.30. The first kappa shape index (κ1) is 7.07. The molecule has 0 saturated heterocycles. The van der Waals surface area contributed by atoms with Crippen molar-refractivity contribution in [2.75, 3.05) is 0 Å². The number of hydrogen-bond donors (Lipinski definition) is 1. The van der Waals surface area contributed by atoms with Gasteiger partial charge in [-0.15, -0.1) is 0 Å². The predicted molar refractivity (Wildman–Crippen MR) is 38.3 cm³/mol. The summed E-state index contributed by atoms with van der Waals surface area (Å²) in [5.41, 5.74) is -0.283. The highest BCUT2D eigenvalue weighted by atomic mass is 16.3. The van der Waals surface area contributed by atoms with Crippen molar-refractivity contribution in [3.63, 3.8) is 0 Å². The van der Waals surface area contributed by atoms with Crippen LogP contribution in [0.25, 0.3) is 0 Å². The van der Waals surface area contributed by atoms with Crippen LogP contribution in [0.5, 0.6) is 0 Å². The standard InChI is InChI=1S/C8H16O/c1-3-4-5-7-6-8(7,2)9/h7,9H,3-6H2,1-2H3/t7-,8-/m0/s1. The van der Waals surface area contributed by atoms with Crippen molar-refractivity contribution in [3.05, 3.63) is 0 Å². The molecule has 54 valence electrons. The summed E-state index contributed by atoms with van der Waals surface area (Å²) in [5, 5.41) is 9.32. The van der Waals surface area contributed by atoms with E-state index in [9.17, 15) is 5.11 Å². The molecule has 1 saturated carbocycles. The summed E-state index contributed by atoms with van der Waals surface area (Å²) in [6.07, 6.45) is 4.80. The van der Waals surface area contributed by atoms with Crippen LogP contribution in [0.3, 0.4) is 0 Å². The fraction of sp³-hybridized carbons (Fsp3) is 1.00. The van der Waals surface area contributed by atoms with E-state index in [1.807, 2.05) is 6.92 Å². The molecule has 1 rings (SSSR count). The van der Waals surface area contributed by atoms with Gasteiger partial charge in [-0.2, -0.15) is 0 Å². The molecule has 1 fully saturated rings. The quantitative estimate of drug-likeness (QED) is 0.616. The van der Waals surface area contributed by atoms with E-state index in [-0.39, 0.29) is 5.60 Å². The summed E-state index contributed by atoms with van der Waals surface area (Å²) in [6.45, 7) is 4.13. The lowest BCUT2D eigenvalue weighted by Gasteiger charge is -1.99. The largest absolute Gasteiger partial charge is 0.390 e. The normalized spacial score (nSPS) is 41.0. The van der Waals surface area contributed by atoms with Crippen molar-refractivity contribution in [2.24, 2.45) is 5.92 Å². The number of aliphatic hydroxyl groups is 1. The third kappa shape index (κ3) is 1.68. The second-order valence-corrected chi connectivity index (χ2v) is 3.40. The van der Waals surface area contributed by atoms with E-state index in [1.54, 1.807) is 0 Å². The van der Waals surface area contributed by atoms with Gasteiger partial charge in [-0.05, 0) is 25.7 Å². The van der Waals surface area contributed by atoms with E-state index in [0.717, 1.165) is 6.42 Å². The highest BCUT2D eigenvalue weighted by Crippen LogP contribution is 2.45. The van der Waals surface area contributed by atoms with E-state index in [1.165, 1.54) is 19.3 Å². The summed E-state index contributed by atoms with van der Waals surface area (Å²) in [4.78, 5) is 0. The summed E-state index contributed by atoms with van der Waals surface area (Å²) in [5.74, 6) is 0.623. The first-order valence-corrected chi connectivity index (χ1v) is 3.89. The average Bonchev–Trinajstić information content (AvgIpc) is 2.35. The lowest BCUT2D eigenvalue weighted by molar-refractivity contribution is 0.149. The lowest BCUT2D eigenvalue weighted by atomic mass is 10.1. The molecule has 0 unspecified atom stereocenters. The van der Waals surface area contributed by atoms with Crippen LogP contribution >= 0.6 is 0 Å². The van der Waals surface area contributed by atoms with E-state index >= 15 is 0 Å². The highest BCUT2D eigenvalue weighted by Gasteiger charge is 2.47. The minimum atomic E-state index is -0.283. The SMILES string of the molecule is CCCC[C@H]1C[C@]1(C)O. The van der Waals surface area contributed by atoms with E-state index < -0.39 is 0 Å². The molecule has 0 aliphatic heterocycles. The van der Waals surface area contributed by atoms with Crippen LogP contribution in [-0.4, -0.2) is 10.7 Å². The summed E-state index contributed by atoms with van der Waals surface area (Å²) in [7, 11) is 0. The molecule has 1 nitrogen and oxygen atoms in total. The van der Waals surface area contributed by atoms with Crippen molar-refractivity contribution in [1.82, 2.24) is 0 Å². The Balaban J connectivity index is 2.06. The highest BCUT2D eigenvalue weighted by molar-refractivity contribution is 4.98. The molecule has 0 heterocycles. The third-order valence-corrected chi connectivity index (χ3v) is 2.29. The van der Waals surface area contributed by atoms with Gasteiger partial charge in [0.25, 0.3) is 0 Å². The second-order valence-electron chi connectivity index (χ2n) is 3.40. The molecule has 1 aliphatic carbocycles. The van der Waals surface area contributed by atoms with Gasteiger partial charge in [-0.3, -0.25) is 0 Å². The zero-order chi connectivity index (χ0) is 6.91. The van der Waals surface area contributed by atoms with Crippen LogP contribution < -0.4 is 0 Å². The Morgan fingerprint density at radius 3 is 2.56 bits per heavy atom. The number of rotatable bonds is 3. The maximum Gasteiger partial charge on any atom is 0.0652 e. The molecule has 1 heteroatoms. The smallest absolute Gasteiger partial charge is 0.0652 e. The molecule has 1 N–H and O–H groups in total. The maximum atomic E-state index is 9.32. The van der Waals surface area contributed by atoms with E-state index in [0.29, 0.717) is 5.92 Å². The van der Waals surface area contributed by atoms with E-state index in [2.05, 4.69) is 6.92 Å². The lowest BCUT2D eigenvalue weighted by Crippen LogP contribution is -2.02. The maximum absolute atomic E-state index is 9.32. The van der Waals surface area contributed by atoms with Crippen LogP contribution in [0.1, 0.15) is 39.5 Å². The fourth-order valence-electron chi connectivity index (χ4n) is 1.30. The van der Waals surface area contributed by atoms with E-state index in [4.69, 9.17) is 0 Å². The zero-order valence-electron chi connectivity index (χ0n) is 6.35. The van der Waals surface area contributed by atoms with Gasteiger partial charge in [0.2, 0.25) is 0 Å². The predicted octanol–water partition coefficient (Wildman–Crippen LogP) is 1.95. The van der Waals surface area contributed by atoms with Crippen molar-refractivity contribution in [3.8, 4) is 0 Å². The summed E-state index contributed by atoms with van der Waals surface area (Å²) < 4.78 is 0. The fourth-order valence-corrected chi connectivity index (χ4v) is 1.30. The molecular formula is C8H16O. The van der Waals surface area contributed by atoms with Crippen LogP contribution in [0.15, 0.2) is 0 Å². The Labute approximate surface area is 57.1 Å². The molecule has 0 aromatic heterocycles. The first-order chi connectivity index (χ1) is 4.17. The molecule has 9 heavy (non-hydrogen) atoms. The third-order valence-electron chi connectivity index (χ3n) is 2.29. The summed E-state index contributed by atoms with van der Waals surface area (Å²) >= 11 is 0. The van der Waals surface area contributed by atoms with Crippen molar-refractivity contribution in [1.29, 1.82) is 0 Å². The zero-order valence-corrected chi connectivity index (χ0v) is 6.35. The van der Waals surface area contributed by atoms with Gasteiger partial charge >= 0.3 is 0 Å². The van der Waals surface area contributed by atoms with Crippen LogP contribution in [-0.2, 0) is 0 Å². The van der Waals surface area contributed by atoms with Gasteiger partial charge in [0.1, 0.15) is 0 Å². The van der Waals surface area contributed by atoms with Crippen LogP contribution in [0, 0.1) is 5.92 Å². The number of unbranched alkanes of at least 4 members (excludes halogenated alkanes) is 1. The van der Waals surface area contributed by atoms with Gasteiger partial charge in [-0.25, -0.2) is 0 Å². The Hall–Kier alpha value is -0.0400. The Bertz CT molecular complexity index is 96.7.